The minimum absolute atomic E-state index is 0.439. The van der Waals surface area contributed by atoms with Gasteiger partial charge < -0.3 is 4.42 Å². The molecule has 1 aromatic carbocycles. The van der Waals surface area contributed by atoms with Gasteiger partial charge in [0.25, 0.3) is 0 Å². The maximum atomic E-state index is 11.2. The summed E-state index contributed by atoms with van der Waals surface area (Å²) in [6, 6.07) is 6.09. The topological polar surface area (TPSA) is 58.9 Å². The molecule has 0 atom stereocenters. The lowest BCUT2D eigenvalue weighted by molar-refractivity contribution is 0.558. The SMILES string of the molecule is CC(C)Cc1ccc2c(c1)ncc1[nH]c(=O)oc12. The lowest BCUT2D eigenvalue weighted by atomic mass is 10.0. The van der Waals surface area contributed by atoms with Crippen LogP contribution in [0.1, 0.15) is 19.4 Å². The van der Waals surface area contributed by atoms with Crippen molar-refractivity contribution in [2.45, 2.75) is 20.3 Å². The highest BCUT2D eigenvalue weighted by Crippen LogP contribution is 2.23. The van der Waals surface area contributed by atoms with Crippen molar-refractivity contribution in [2.75, 3.05) is 0 Å². The zero-order valence-electron chi connectivity index (χ0n) is 10.4. The Morgan fingerprint density at radius 3 is 3.00 bits per heavy atom. The van der Waals surface area contributed by atoms with Crippen molar-refractivity contribution in [1.82, 2.24) is 9.97 Å². The van der Waals surface area contributed by atoms with Gasteiger partial charge in [-0.05, 0) is 30.0 Å². The Balaban J connectivity index is 2.23. The molecule has 4 heteroatoms. The average Bonchev–Trinajstić information content (AvgIpc) is 2.68. The van der Waals surface area contributed by atoms with Crippen LogP contribution in [0.15, 0.2) is 33.6 Å². The van der Waals surface area contributed by atoms with Crippen LogP contribution in [-0.4, -0.2) is 9.97 Å². The quantitative estimate of drug-likeness (QED) is 0.751. The fourth-order valence-corrected chi connectivity index (χ4v) is 2.24. The van der Waals surface area contributed by atoms with Crippen molar-refractivity contribution in [3.8, 4) is 0 Å². The molecule has 0 saturated heterocycles. The molecule has 1 N–H and O–H groups in total. The van der Waals surface area contributed by atoms with Crippen LogP contribution in [0.3, 0.4) is 0 Å². The molecule has 0 radical (unpaired) electrons. The first-order chi connectivity index (χ1) is 8.63. The van der Waals surface area contributed by atoms with E-state index in [-0.39, 0.29) is 0 Å². The van der Waals surface area contributed by atoms with Gasteiger partial charge >= 0.3 is 5.76 Å². The maximum absolute atomic E-state index is 11.2. The lowest BCUT2D eigenvalue weighted by Crippen LogP contribution is -1.94. The molecule has 0 aliphatic heterocycles. The van der Waals surface area contributed by atoms with E-state index in [1.54, 1.807) is 6.20 Å². The van der Waals surface area contributed by atoms with Crippen molar-refractivity contribution < 1.29 is 4.42 Å². The highest BCUT2D eigenvalue weighted by molar-refractivity contribution is 6.00. The monoisotopic (exact) mass is 242 g/mol. The van der Waals surface area contributed by atoms with E-state index < -0.39 is 5.76 Å². The van der Waals surface area contributed by atoms with Gasteiger partial charge in [-0.25, -0.2) is 4.79 Å². The summed E-state index contributed by atoms with van der Waals surface area (Å²) in [6.07, 6.45) is 2.66. The summed E-state index contributed by atoms with van der Waals surface area (Å²) in [7, 11) is 0. The van der Waals surface area contributed by atoms with Crippen molar-refractivity contribution in [2.24, 2.45) is 5.92 Å². The summed E-state index contributed by atoms with van der Waals surface area (Å²) in [5.74, 6) is 0.168. The summed E-state index contributed by atoms with van der Waals surface area (Å²) < 4.78 is 5.15. The van der Waals surface area contributed by atoms with Gasteiger partial charge in [-0.2, -0.15) is 0 Å². The van der Waals surface area contributed by atoms with E-state index in [0.29, 0.717) is 17.0 Å². The zero-order chi connectivity index (χ0) is 12.7. The van der Waals surface area contributed by atoms with Crippen molar-refractivity contribution in [3.05, 3.63) is 40.5 Å². The molecule has 0 amide bonds. The molecule has 3 aromatic rings. The van der Waals surface area contributed by atoms with Crippen LogP contribution in [0, 0.1) is 5.92 Å². The van der Waals surface area contributed by atoms with Gasteiger partial charge in [0.1, 0.15) is 5.52 Å². The van der Waals surface area contributed by atoms with Gasteiger partial charge in [0.05, 0.1) is 11.7 Å². The molecule has 0 aliphatic carbocycles. The summed E-state index contributed by atoms with van der Waals surface area (Å²) in [5, 5.41) is 0.873. The summed E-state index contributed by atoms with van der Waals surface area (Å²) in [5.41, 5.74) is 3.34. The second-order valence-corrected chi connectivity index (χ2v) is 4.96. The molecule has 2 aromatic heterocycles. The highest BCUT2D eigenvalue weighted by atomic mass is 16.4. The molecule has 0 aliphatic rings. The van der Waals surface area contributed by atoms with Gasteiger partial charge in [0.2, 0.25) is 0 Å². The summed E-state index contributed by atoms with van der Waals surface area (Å²) in [6.45, 7) is 4.37. The van der Waals surface area contributed by atoms with E-state index in [9.17, 15) is 4.79 Å². The van der Waals surface area contributed by atoms with Crippen LogP contribution >= 0.6 is 0 Å². The Morgan fingerprint density at radius 2 is 2.22 bits per heavy atom. The van der Waals surface area contributed by atoms with E-state index in [1.807, 2.05) is 6.07 Å². The lowest BCUT2D eigenvalue weighted by Gasteiger charge is -2.05. The molecule has 0 saturated carbocycles. The third-order valence-electron chi connectivity index (χ3n) is 2.96. The molecule has 0 fully saturated rings. The first kappa shape index (κ1) is 11.0. The van der Waals surface area contributed by atoms with E-state index in [2.05, 4.69) is 35.9 Å². The largest absolute Gasteiger partial charge is 0.417 e. The fraction of sp³-hybridized carbons (Fsp3) is 0.286. The number of hydrogen-bond donors (Lipinski definition) is 1. The number of nitrogens with one attached hydrogen (secondary N) is 1. The minimum Gasteiger partial charge on any atom is -0.407 e. The molecule has 4 nitrogen and oxygen atoms in total. The number of rotatable bonds is 2. The van der Waals surface area contributed by atoms with E-state index in [4.69, 9.17) is 4.42 Å². The molecule has 3 rings (SSSR count). The van der Waals surface area contributed by atoms with Crippen LogP contribution in [0.2, 0.25) is 0 Å². The van der Waals surface area contributed by atoms with Crippen LogP contribution in [0.4, 0.5) is 0 Å². The van der Waals surface area contributed by atoms with Crippen LogP contribution in [0.25, 0.3) is 22.0 Å². The van der Waals surface area contributed by atoms with E-state index in [0.717, 1.165) is 17.3 Å². The zero-order valence-corrected chi connectivity index (χ0v) is 10.4. The molecule has 0 unspecified atom stereocenters. The normalized spacial score (nSPS) is 11.7. The number of oxazole rings is 1. The smallest absolute Gasteiger partial charge is 0.407 e. The predicted octanol–water partition coefficient (Wildman–Crippen LogP) is 2.87. The van der Waals surface area contributed by atoms with Crippen LogP contribution in [0.5, 0.6) is 0 Å². The third kappa shape index (κ3) is 1.79. The number of hydrogen-bond acceptors (Lipinski definition) is 3. The maximum Gasteiger partial charge on any atom is 0.417 e. The van der Waals surface area contributed by atoms with Crippen molar-refractivity contribution in [3.63, 3.8) is 0 Å². The fourth-order valence-electron chi connectivity index (χ4n) is 2.24. The minimum atomic E-state index is -0.439. The Hall–Kier alpha value is -2.10. The Labute approximate surface area is 104 Å². The van der Waals surface area contributed by atoms with Crippen molar-refractivity contribution in [1.29, 1.82) is 0 Å². The number of pyridine rings is 1. The van der Waals surface area contributed by atoms with Crippen LogP contribution < -0.4 is 5.76 Å². The first-order valence-electron chi connectivity index (χ1n) is 6.04. The number of aromatic amines is 1. The molecule has 2 heterocycles. The number of fused-ring (bicyclic) bond motifs is 3. The standard InChI is InChI=1S/C14H14N2O2/c1-8(2)5-9-3-4-10-11(6-9)15-7-12-13(10)18-14(17)16-12/h3-4,6-8H,5H2,1-2H3,(H,16,17). The van der Waals surface area contributed by atoms with Gasteiger partial charge in [-0.1, -0.05) is 19.9 Å². The Bertz CT molecular complexity index is 768. The second kappa shape index (κ2) is 3.98. The van der Waals surface area contributed by atoms with Crippen molar-refractivity contribution >= 4 is 22.0 Å². The third-order valence-corrected chi connectivity index (χ3v) is 2.96. The predicted molar refractivity (Wildman–Crippen MR) is 70.7 cm³/mol. The highest BCUT2D eigenvalue weighted by Gasteiger charge is 2.08. The number of H-pyrrole nitrogens is 1. The first-order valence-corrected chi connectivity index (χ1v) is 6.04. The number of nitrogens with zero attached hydrogens (tertiary/aromatic N) is 1. The van der Waals surface area contributed by atoms with Gasteiger partial charge in [-0.3, -0.25) is 9.97 Å². The van der Waals surface area contributed by atoms with Crippen LogP contribution in [-0.2, 0) is 6.42 Å². The van der Waals surface area contributed by atoms with E-state index >= 15 is 0 Å². The van der Waals surface area contributed by atoms with Gasteiger partial charge in [0.15, 0.2) is 5.58 Å². The Kier molecular flexibility index (Phi) is 2.44. The molecule has 0 bridgehead atoms. The molecule has 18 heavy (non-hydrogen) atoms. The molecule has 92 valence electrons. The Morgan fingerprint density at radius 1 is 1.39 bits per heavy atom. The molecular formula is C14H14N2O2. The summed E-state index contributed by atoms with van der Waals surface area (Å²) in [4.78, 5) is 18.2. The van der Waals surface area contributed by atoms with Gasteiger partial charge in [-0.15, -0.1) is 0 Å². The average molecular weight is 242 g/mol. The van der Waals surface area contributed by atoms with E-state index in [1.165, 1.54) is 5.56 Å². The molecule has 0 spiro atoms. The number of aromatic nitrogens is 2. The second-order valence-electron chi connectivity index (χ2n) is 4.96. The molecular weight excluding hydrogens is 228 g/mol. The van der Waals surface area contributed by atoms with Gasteiger partial charge in [0, 0.05) is 5.39 Å². The summed E-state index contributed by atoms with van der Waals surface area (Å²) >= 11 is 0. The number of benzene rings is 1.